The number of tetrazole rings is 1. The van der Waals surface area contributed by atoms with Gasteiger partial charge in [0.25, 0.3) is 0 Å². The normalized spacial score (nSPS) is 12.9. The third kappa shape index (κ3) is 1.27. The van der Waals surface area contributed by atoms with Gasteiger partial charge in [-0.25, -0.2) is 5.10 Å². The van der Waals surface area contributed by atoms with Crippen LogP contribution in [-0.2, 0) is 0 Å². The smallest absolute Gasteiger partial charge is 0.167 e. The van der Waals surface area contributed by atoms with Crippen LogP contribution in [0, 0.1) is 0 Å². The van der Waals surface area contributed by atoms with Gasteiger partial charge in [0.05, 0.1) is 5.92 Å². The van der Waals surface area contributed by atoms with Gasteiger partial charge in [-0.2, -0.15) is 0 Å². The molecule has 0 aliphatic carbocycles. The van der Waals surface area contributed by atoms with Crippen LogP contribution < -0.4 is 0 Å². The second kappa shape index (κ2) is 2.70. The molecule has 0 radical (unpaired) electrons. The Bertz CT molecular complexity index is 221. The van der Waals surface area contributed by atoms with Crippen LogP contribution in [0.5, 0.6) is 0 Å². The van der Waals surface area contributed by atoms with Gasteiger partial charge in [0.15, 0.2) is 10.9 Å². The van der Waals surface area contributed by atoms with E-state index in [4.69, 9.17) is 5.11 Å². The molecule has 0 saturated heterocycles. The number of nitrogens with one attached hydrogen (secondary N) is 1. The molecule has 1 aromatic rings. The number of aromatic nitrogens is 4. The van der Waals surface area contributed by atoms with Crippen molar-refractivity contribution in [2.75, 3.05) is 0 Å². The van der Waals surface area contributed by atoms with Crippen LogP contribution >= 0.6 is 12.2 Å². The summed E-state index contributed by atoms with van der Waals surface area (Å²) in [6, 6.07) is 0. The molecule has 0 aliphatic rings. The highest BCUT2D eigenvalue weighted by Gasteiger charge is 2.12. The summed E-state index contributed by atoms with van der Waals surface area (Å²) in [5.74, 6) is 0.178. The molecule has 1 heterocycles. The van der Waals surface area contributed by atoms with Crippen molar-refractivity contribution in [2.24, 2.45) is 0 Å². The summed E-state index contributed by atoms with van der Waals surface area (Å²) in [5, 5.41) is 21.4. The molecule has 1 aromatic heterocycles. The molecule has 5 nitrogen and oxygen atoms in total. The van der Waals surface area contributed by atoms with Gasteiger partial charge in [-0.3, -0.25) is 0 Å². The second-order valence-electron chi connectivity index (χ2n) is 1.85. The Morgan fingerprint density at radius 2 is 2.50 bits per heavy atom. The minimum Gasteiger partial charge on any atom is -0.501 e. The molecular weight excluding hydrogens is 152 g/mol. The van der Waals surface area contributed by atoms with Crippen molar-refractivity contribution in [2.45, 2.75) is 12.8 Å². The Hall–Kier alpha value is -1.04. The first kappa shape index (κ1) is 7.07. The highest BCUT2D eigenvalue weighted by Crippen LogP contribution is 2.07. The molecule has 0 aliphatic heterocycles. The van der Waals surface area contributed by atoms with Gasteiger partial charge in [0.1, 0.15) is 0 Å². The lowest BCUT2D eigenvalue weighted by Crippen LogP contribution is -2.06. The Labute approximate surface area is 62.5 Å². The molecule has 6 heteroatoms. The zero-order valence-corrected chi connectivity index (χ0v) is 6.09. The molecule has 0 bridgehead atoms. The van der Waals surface area contributed by atoms with E-state index in [1.807, 2.05) is 0 Å². The van der Waals surface area contributed by atoms with Crippen molar-refractivity contribution in [3.05, 3.63) is 5.82 Å². The maximum absolute atomic E-state index is 8.81. The lowest BCUT2D eigenvalue weighted by atomic mass is 10.2. The molecular formula is C4H6N4OS. The molecule has 10 heavy (non-hydrogen) atoms. The van der Waals surface area contributed by atoms with Crippen LogP contribution in [-0.4, -0.2) is 30.8 Å². The summed E-state index contributed by atoms with van der Waals surface area (Å²) >= 11 is 4.51. The minimum absolute atomic E-state index is 0.112. The van der Waals surface area contributed by atoms with E-state index in [2.05, 4.69) is 32.8 Å². The molecule has 0 amide bonds. The van der Waals surface area contributed by atoms with Crippen molar-refractivity contribution in [3.8, 4) is 0 Å². The van der Waals surface area contributed by atoms with Crippen molar-refractivity contribution >= 4 is 17.3 Å². The van der Waals surface area contributed by atoms with E-state index in [1.54, 1.807) is 6.92 Å². The first-order chi connectivity index (χ1) is 4.72. The van der Waals surface area contributed by atoms with Gasteiger partial charge in [-0.15, -0.1) is 5.10 Å². The first-order valence-electron chi connectivity index (χ1n) is 2.68. The largest absolute Gasteiger partial charge is 0.501 e. The van der Waals surface area contributed by atoms with Gasteiger partial charge in [-0.1, -0.05) is 0 Å². The van der Waals surface area contributed by atoms with Gasteiger partial charge in [-0.05, 0) is 29.6 Å². The maximum atomic E-state index is 8.81. The predicted molar refractivity (Wildman–Crippen MR) is 37.8 cm³/mol. The van der Waals surface area contributed by atoms with Gasteiger partial charge < -0.3 is 5.11 Å². The fraction of sp³-hybridized carbons (Fsp3) is 0.500. The number of hydrogen-bond acceptors (Lipinski definition) is 4. The van der Waals surface area contributed by atoms with Crippen LogP contribution in [0.4, 0.5) is 0 Å². The van der Waals surface area contributed by atoms with E-state index in [1.165, 1.54) is 0 Å². The Morgan fingerprint density at radius 1 is 1.80 bits per heavy atom. The summed E-state index contributed by atoms with van der Waals surface area (Å²) in [6.45, 7) is 1.71. The Morgan fingerprint density at radius 3 is 2.90 bits per heavy atom. The van der Waals surface area contributed by atoms with Gasteiger partial charge in [0.2, 0.25) is 0 Å². The number of aromatic amines is 1. The van der Waals surface area contributed by atoms with Crippen molar-refractivity contribution in [3.63, 3.8) is 0 Å². The van der Waals surface area contributed by atoms with E-state index in [0.29, 0.717) is 5.82 Å². The van der Waals surface area contributed by atoms with Crippen LogP contribution in [0.25, 0.3) is 0 Å². The minimum atomic E-state index is -0.301. The van der Waals surface area contributed by atoms with Crippen molar-refractivity contribution in [1.82, 2.24) is 20.6 Å². The molecule has 2 N–H and O–H groups in total. The molecule has 0 saturated carbocycles. The van der Waals surface area contributed by atoms with Crippen LogP contribution in [0.2, 0.25) is 0 Å². The van der Waals surface area contributed by atoms with E-state index in [9.17, 15) is 0 Å². The Kier molecular flexibility index (Phi) is 1.91. The quantitative estimate of drug-likeness (QED) is 0.601. The van der Waals surface area contributed by atoms with Crippen molar-refractivity contribution < 1.29 is 5.11 Å². The van der Waals surface area contributed by atoms with E-state index in [-0.39, 0.29) is 11.0 Å². The predicted octanol–water partition coefficient (Wildman–Crippen LogP) is 0.189. The summed E-state index contributed by atoms with van der Waals surface area (Å²) in [6.07, 6.45) is 0. The molecule has 0 aromatic carbocycles. The highest BCUT2D eigenvalue weighted by molar-refractivity contribution is 7.80. The second-order valence-corrected chi connectivity index (χ2v) is 2.26. The number of H-pyrrole nitrogens is 1. The highest BCUT2D eigenvalue weighted by atomic mass is 32.1. The van der Waals surface area contributed by atoms with E-state index < -0.39 is 0 Å². The summed E-state index contributed by atoms with van der Waals surface area (Å²) < 4.78 is 0. The molecule has 54 valence electrons. The number of rotatable bonds is 2. The van der Waals surface area contributed by atoms with Crippen molar-refractivity contribution in [1.29, 1.82) is 0 Å². The average molecular weight is 158 g/mol. The lowest BCUT2D eigenvalue weighted by molar-refractivity contribution is 0.534. The topological polar surface area (TPSA) is 74.7 Å². The average Bonchev–Trinajstić information content (AvgIpc) is 2.36. The fourth-order valence-corrected chi connectivity index (χ4v) is 0.579. The molecule has 1 atom stereocenters. The standard InChI is InChI=1S/C4H6N4OS/c1-2(4(9)10)3-5-7-8-6-3/h2H,1H3,(H,9,10)(H,5,6,7,8). The third-order valence-corrected chi connectivity index (χ3v) is 1.50. The number of aliphatic hydroxyl groups excluding tert-OH is 1. The van der Waals surface area contributed by atoms with Crippen LogP contribution in [0.1, 0.15) is 18.7 Å². The summed E-state index contributed by atoms with van der Waals surface area (Å²) in [4.78, 5) is 0. The van der Waals surface area contributed by atoms with E-state index >= 15 is 0 Å². The lowest BCUT2D eigenvalue weighted by Gasteiger charge is -2.00. The van der Waals surface area contributed by atoms with Gasteiger partial charge in [0, 0.05) is 0 Å². The Balaban J connectivity index is 2.77. The molecule has 1 rings (SSSR count). The maximum Gasteiger partial charge on any atom is 0.167 e. The number of hydrogen-bond donors (Lipinski definition) is 2. The number of aliphatic hydroxyl groups is 1. The summed E-state index contributed by atoms with van der Waals surface area (Å²) in [5.41, 5.74) is 0. The van der Waals surface area contributed by atoms with Crippen LogP contribution in [0.15, 0.2) is 0 Å². The van der Waals surface area contributed by atoms with Gasteiger partial charge >= 0.3 is 0 Å². The zero-order chi connectivity index (χ0) is 7.56. The van der Waals surface area contributed by atoms with E-state index in [0.717, 1.165) is 0 Å². The molecule has 1 unspecified atom stereocenters. The fourth-order valence-electron chi connectivity index (χ4n) is 0.467. The third-order valence-electron chi connectivity index (χ3n) is 1.14. The zero-order valence-electron chi connectivity index (χ0n) is 5.27. The number of thiocarbonyl (C=S) groups is 1. The van der Waals surface area contributed by atoms with Crippen LogP contribution in [0.3, 0.4) is 0 Å². The number of nitrogens with zero attached hydrogens (tertiary/aromatic N) is 3. The summed E-state index contributed by atoms with van der Waals surface area (Å²) in [7, 11) is 0. The monoisotopic (exact) mass is 158 g/mol. The first-order valence-corrected chi connectivity index (χ1v) is 3.09. The molecule has 0 fully saturated rings. The SMILES string of the molecule is CC(C(O)=S)c1nnn[nH]1. The molecule has 0 spiro atoms.